The average Bonchev–Trinajstić information content (AvgIpc) is 2.19. The van der Waals surface area contributed by atoms with Gasteiger partial charge in [-0.15, -0.1) is 0 Å². The number of fused-ring (bicyclic) bond motifs is 1. The van der Waals surface area contributed by atoms with Gasteiger partial charge in [-0.2, -0.15) is 0 Å². The number of rotatable bonds is 1. The third-order valence-electron chi connectivity index (χ3n) is 2.96. The molecule has 1 aromatic rings. The summed E-state index contributed by atoms with van der Waals surface area (Å²) in [6.07, 6.45) is 3.02. The molecule has 0 radical (unpaired) electrons. The van der Waals surface area contributed by atoms with Crippen molar-refractivity contribution in [2.75, 3.05) is 0 Å². The van der Waals surface area contributed by atoms with Crippen LogP contribution in [0.5, 0.6) is 0 Å². The maximum absolute atomic E-state index is 10.7. The van der Waals surface area contributed by atoms with Crippen molar-refractivity contribution >= 4 is 6.08 Å². The lowest BCUT2D eigenvalue weighted by Gasteiger charge is -2.13. The summed E-state index contributed by atoms with van der Waals surface area (Å²) in [5.74, 6) is 0. The van der Waals surface area contributed by atoms with Crippen LogP contribution in [0, 0.1) is 24.0 Å². The second-order valence-corrected chi connectivity index (χ2v) is 4.03. The van der Waals surface area contributed by atoms with Crippen LogP contribution in [-0.2, 0) is 6.42 Å². The van der Waals surface area contributed by atoms with Gasteiger partial charge in [-0.1, -0.05) is 12.1 Å². The molecule has 0 spiro atoms. The van der Waals surface area contributed by atoms with E-state index in [1.807, 2.05) is 13.0 Å². The van der Waals surface area contributed by atoms with Gasteiger partial charge in [0, 0.05) is 12.5 Å². The lowest BCUT2D eigenvalue weighted by Crippen LogP contribution is -2.07. The number of nitro groups is 1. The van der Waals surface area contributed by atoms with E-state index in [-0.39, 0.29) is 4.92 Å². The Labute approximate surface area is 88.6 Å². The molecule has 0 saturated carbocycles. The summed E-state index contributed by atoms with van der Waals surface area (Å²) in [5.41, 5.74) is 5.01. The summed E-state index contributed by atoms with van der Waals surface area (Å²) in [6.45, 7) is 4.10. The van der Waals surface area contributed by atoms with Crippen LogP contribution in [0.15, 0.2) is 17.8 Å². The number of allylic oxidation sites excluding steroid dienone is 1. The Morgan fingerprint density at radius 3 is 2.53 bits per heavy atom. The van der Waals surface area contributed by atoms with Crippen molar-refractivity contribution in [1.29, 1.82) is 0 Å². The summed E-state index contributed by atoms with van der Waals surface area (Å²) in [4.78, 5) is 10.4. The molecule has 0 atom stereocenters. The lowest BCUT2D eigenvalue weighted by atomic mass is 9.92. The zero-order chi connectivity index (χ0) is 11.0. The molecule has 0 bridgehead atoms. The first-order chi connectivity index (χ1) is 7.08. The maximum Gasteiger partial charge on any atom is 0.247 e. The van der Waals surface area contributed by atoms with E-state index in [2.05, 4.69) is 13.0 Å². The first-order valence-corrected chi connectivity index (χ1v) is 5.03. The van der Waals surface area contributed by atoms with E-state index in [4.69, 9.17) is 0 Å². The van der Waals surface area contributed by atoms with E-state index in [1.54, 1.807) is 6.08 Å². The molecule has 15 heavy (non-hydrogen) atoms. The average molecular weight is 203 g/mol. The number of aryl methyl sites for hydroxylation is 3. The molecule has 0 amide bonds. The minimum Gasteiger partial charge on any atom is -0.259 e. The highest BCUT2D eigenvalue weighted by Gasteiger charge is 2.18. The minimum atomic E-state index is -0.280. The highest BCUT2D eigenvalue weighted by atomic mass is 16.6. The number of hydrogen-bond acceptors (Lipinski definition) is 2. The zero-order valence-electron chi connectivity index (χ0n) is 8.91. The molecule has 0 aromatic heterocycles. The normalized spacial score (nSPS) is 14.4. The highest BCUT2D eigenvalue weighted by Crippen LogP contribution is 2.26. The third kappa shape index (κ3) is 1.77. The Kier molecular flexibility index (Phi) is 2.31. The second kappa shape index (κ2) is 3.50. The number of nitrogens with zero attached hydrogens (tertiary/aromatic N) is 1. The van der Waals surface area contributed by atoms with E-state index in [0.29, 0.717) is 12.1 Å². The fourth-order valence-electron chi connectivity index (χ4n) is 1.91. The first kappa shape index (κ1) is 9.90. The Morgan fingerprint density at radius 2 is 1.87 bits per heavy atom. The highest BCUT2D eigenvalue weighted by molar-refractivity contribution is 5.60. The van der Waals surface area contributed by atoms with Crippen LogP contribution in [0.25, 0.3) is 6.08 Å². The fourth-order valence-corrected chi connectivity index (χ4v) is 1.91. The van der Waals surface area contributed by atoms with Gasteiger partial charge in [0.15, 0.2) is 0 Å². The molecule has 78 valence electrons. The molecular weight excluding hydrogens is 190 g/mol. The van der Waals surface area contributed by atoms with Crippen molar-refractivity contribution in [2.45, 2.75) is 26.7 Å². The summed E-state index contributed by atoms with van der Waals surface area (Å²) in [6, 6.07) is 4.17. The largest absolute Gasteiger partial charge is 0.259 e. The summed E-state index contributed by atoms with van der Waals surface area (Å²) in [5, 5.41) is 10.7. The first-order valence-electron chi connectivity index (χ1n) is 5.03. The molecule has 1 aliphatic carbocycles. The minimum absolute atomic E-state index is 0.280. The molecule has 1 aliphatic rings. The van der Waals surface area contributed by atoms with Gasteiger partial charge < -0.3 is 0 Å². The third-order valence-corrected chi connectivity index (χ3v) is 2.96. The van der Waals surface area contributed by atoms with Crippen LogP contribution in [0.2, 0.25) is 0 Å². The predicted octanol–water partition coefficient (Wildman–Crippen LogP) is 2.87. The van der Waals surface area contributed by atoms with Crippen molar-refractivity contribution in [3.63, 3.8) is 0 Å². The Hall–Kier alpha value is -1.64. The molecule has 1 aromatic carbocycles. The molecule has 2 rings (SSSR count). The van der Waals surface area contributed by atoms with Gasteiger partial charge in [0.2, 0.25) is 5.70 Å². The van der Waals surface area contributed by atoms with E-state index in [0.717, 1.165) is 12.0 Å². The van der Waals surface area contributed by atoms with Gasteiger partial charge in [0.1, 0.15) is 0 Å². The molecular formula is C12H13NO2. The smallest absolute Gasteiger partial charge is 0.247 e. The Bertz CT molecular complexity index is 461. The number of hydrogen-bond donors (Lipinski definition) is 0. The van der Waals surface area contributed by atoms with Crippen molar-refractivity contribution in [3.05, 3.63) is 50.2 Å². The molecule has 0 heterocycles. The van der Waals surface area contributed by atoms with Gasteiger partial charge in [0.25, 0.3) is 0 Å². The molecule has 0 saturated heterocycles. The van der Waals surface area contributed by atoms with Crippen LogP contribution < -0.4 is 0 Å². The van der Waals surface area contributed by atoms with Crippen LogP contribution in [-0.4, -0.2) is 4.92 Å². The molecule has 3 nitrogen and oxygen atoms in total. The predicted molar refractivity (Wildman–Crippen MR) is 59.2 cm³/mol. The van der Waals surface area contributed by atoms with Crippen LogP contribution in [0.1, 0.15) is 28.7 Å². The standard InChI is InChI=1S/C12H13NO2/c1-8-5-10-3-4-12(13(14)15)7-11(10)6-9(8)2/h5-7H,3-4H2,1-2H3. The lowest BCUT2D eigenvalue weighted by molar-refractivity contribution is -0.426. The zero-order valence-corrected chi connectivity index (χ0v) is 8.91. The Balaban J connectivity index is 2.51. The van der Waals surface area contributed by atoms with Crippen molar-refractivity contribution in [2.24, 2.45) is 0 Å². The molecule has 3 heteroatoms. The van der Waals surface area contributed by atoms with Gasteiger partial charge >= 0.3 is 0 Å². The second-order valence-electron chi connectivity index (χ2n) is 4.03. The topological polar surface area (TPSA) is 43.1 Å². The SMILES string of the molecule is Cc1cc2c(cc1C)CCC([N+](=O)[O-])=C2. The summed E-state index contributed by atoms with van der Waals surface area (Å²) >= 11 is 0. The van der Waals surface area contributed by atoms with E-state index < -0.39 is 0 Å². The van der Waals surface area contributed by atoms with Crippen molar-refractivity contribution in [3.8, 4) is 0 Å². The van der Waals surface area contributed by atoms with Crippen molar-refractivity contribution in [1.82, 2.24) is 0 Å². The van der Waals surface area contributed by atoms with Crippen LogP contribution >= 0.6 is 0 Å². The summed E-state index contributed by atoms with van der Waals surface area (Å²) in [7, 11) is 0. The molecule has 0 unspecified atom stereocenters. The molecule has 0 fully saturated rings. The Morgan fingerprint density at radius 1 is 1.20 bits per heavy atom. The quantitative estimate of drug-likeness (QED) is 0.520. The monoisotopic (exact) mass is 203 g/mol. The molecule has 0 aliphatic heterocycles. The molecule has 0 N–H and O–H groups in total. The van der Waals surface area contributed by atoms with E-state index >= 15 is 0 Å². The van der Waals surface area contributed by atoms with Gasteiger partial charge in [0.05, 0.1) is 4.92 Å². The number of benzene rings is 1. The van der Waals surface area contributed by atoms with Crippen molar-refractivity contribution < 1.29 is 4.92 Å². The van der Waals surface area contributed by atoms with E-state index in [1.165, 1.54) is 16.7 Å². The fraction of sp³-hybridized carbons (Fsp3) is 0.333. The van der Waals surface area contributed by atoms with Crippen LogP contribution in [0.3, 0.4) is 0 Å². The summed E-state index contributed by atoms with van der Waals surface area (Å²) < 4.78 is 0. The van der Waals surface area contributed by atoms with Gasteiger partial charge in [-0.05, 0) is 42.5 Å². The van der Waals surface area contributed by atoms with E-state index in [9.17, 15) is 10.1 Å². The van der Waals surface area contributed by atoms with Crippen LogP contribution in [0.4, 0.5) is 0 Å². The van der Waals surface area contributed by atoms with Gasteiger partial charge in [-0.3, -0.25) is 10.1 Å². The van der Waals surface area contributed by atoms with Gasteiger partial charge in [-0.25, -0.2) is 0 Å². The maximum atomic E-state index is 10.7.